The van der Waals surface area contributed by atoms with Crippen molar-refractivity contribution in [1.29, 1.82) is 0 Å². The molecule has 0 aliphatic carbocycles. The quantitative estimate of drug-likeness (QED) is 0.384. The van der Waals surface area contributed by atoms with Crippen molar-refractivity contribution < 1.29 is 4.79 Å². The monoisotopic (exact) mass is 386 g/mol. The Morgan fingerprint density at radius 2 is 2.00 bits per heavy atom. The number of hydrogen-bond donors (Lipinski definition) is 4. The second-order valence-electron chi connectivity index (χ2n) is 6.35. The minimum Gasteiger partial charge on any atom is -0.330 e. The van der Waals surface area contributed by atoms with E-state index < -0.39 is 0 Å². The minimum absolute atomic E-state index is 0.107. The lowest BCUT2D eigenvalue weighted by molar-refractivity contribution is -0.117. The summed E-state index contributed by atoms with van der Waals surface area (Å²) in [5, 5.41) is 24.3. The number of amides is 1. The summed E-state index contributed by atoms with van der Waals surface area (Å²) in [5.74, 6) is 5.59. The lowest BCUT2D eigenvalue weighted by Crippen LogP contribution is -2.23. The summed E-state index contributed by atoms with van der Waals surface area (Å²) in [6.07, 6.45) is 0.561. The van der Waals surface area contributed by atoms with E-state index in [1.165, 1.54) is 0 Å². The van der Waals surface area contributed by atoms with E-state index in [0.717, 1.165) is 16.5 Å². The van der Waals surface area contributed by atoms with Crippen LogP contribution in [0.4, 0.5) is 5.69 Å². The molecule has 144 valence electrons. The maximum Gasteiger partial charge on any atom is 0.247 e. The number of aromatic amines is 2. The Morgan fingerprint density at radius 3 is 2.76 bits per heavy atom. The molecular weight excluding hydrogens is 368 g/mol. The Hall–Kier alpha value is -4.03. The number of carbonyl (C=O) groups excluding carboxylic acids is 1. The van der Waals surface area contributed by atoms with Crippen LogP contribution >= 0.6 is 0 Å². The molecule has 4 rings (SSSR count). The molecule has 4 aromatic rings. The van der Waals surface area contributed by atoms with Crippen LogP contribution in [-0.4, -0.2) is 43.3 Å². The summed E-state index contributed by atoms with van der Waals surface area (Å²) in [6.45, 7) is 0.420. The maximum atomic E-state index is 12.9. The molecule has 9 nitrogen and oxygen atoms in total. The summed E-state index contributed by atoms with van der Waals surface area (Å²) >= 11 is 0. The van der Waals surface area contributed by atoms with Crippen molar-refractivity contribution in [3.05, 3.63) is 65.6 Å². The predicted molar refractivity (Wildman–Crippen MR) is 108 cm³/mol. The summed E-state index contributed by atoms with van der Waals surface area (Å²) in [4.78, 5) is 12.9. The standard InChI is InChI=1S/C20H18N8O/c21-11-10-15(13-4-2-1-3-5-13)20(29)22-14-6-7-17-16(12-14)18(24-23-17)8-9-19-25-27-28-26-19/h1-7,12,15H,10-11,21H2,(H,22,29)(H,23,24)(H,25,26,27,28). The van der Waals surface area contributed by atoms with Crippen molar-refractivity contribution in [2.24, 2.45) is 5.73 Å². The molecule has 0 saturated carbocycles. The molecule has 0 bridgehead atoms. The lowest BCUT2D eigenvalue weighted by Gasteiger charge is -2.16. The van der Waals surface area contributed by atoms with Gasteiger partial charge in [-0.15, -0.1) is 5.10 Å². The van der Waals surface area contributed by atoms with Crippen LogP contribution in [0.25, 0.3) is 10.9 Å². The molecular formula is C20H18N8O. The number of nitrogens with two attached hydrogens (primary N) is 1. The van der Waals surface area contributed by atoms with Crippen LogP contribution in [0.2, 0.25) is 0 Å². The largest absolute Gasteiger partial charge is 0.330 e. The van der Waals surface area contributed by atoms with Crippen LogP contribution in [-0.2, 0) is 4.79 Å². The van der Waals surface area contributed by atoms with Gasteiger partial charge in [0.1, 0.15) is 5.69 Å². The highest BCUT2D eigenvalue weighted by molar-refractivity contribution is 5.98. The average molecular weight is 386 g/mol. The normalized spacial score (nSPS) is 11.6. The molecule has 1 unspecified atom stereocenters. The molecule has 2 aromatic heterocycles. The topological polar surface area (TPSA) is 138 Å². The van der Waals surface area contributed by atoms with Crippen LogP contribution in [0.1, 0.15) is 29.4 Å². The number of anilines is 1. The van der Waals surface area contributed by atoms with E-state index in [0.29, 0.717) is 24.3 Å². The van der Waals surface area contributed by atoms with Crippen LogP contribution in [0.5, 0.6) is 0 Å². The first-order valence-electron chi connectivity index (χ1n) is 9.04. The van der Waals surface area contributed by atoms with Gasteiger partial charge in [0, 0.05) is 11.1 Å². The van der Waals surface area contributed by atoms with Gasteiger partial charge in [-0.3, -0.25) is 9.89 Å². The third kappa shape index (κ3) is 4.12. The highest BCUT2D eigenvalue weighted by Crippen LogP contribution is 2.24. The number of hydrogen-bond acceptors (Lipinski definition) is 6. The Morgan fingerprint density at radius 1 is 1.14 bits per heavy atom. The number of nitrogens with zero attached hydrogens (tertiary/aromatic N) is 4. The summed E-state index contributed by atoms with van der Waals surface area (Å²) in [5.41, 5.74) is 8.66. The zero-order valence-corrected chi connectivity index (χ0v) is 15.4. The number of fused-ring (bicyclic) bond motifs is 1. The summed E-state index contributed by atoms with van der Waals surface area (Å²) < 4.78 is 0. The van der Waals surface area contributed by atoms with E-state index in [2.05, 4.69) is 48.0 Å². The maximum absolute atomic E-state index is 12.9. The minimum atomic E-state index is -0.321. The Balaban J connectivity index is 1.59. The second-order valence-corrected chi connectivity index (χ2v) is 6.35. The molecule has 29 heavy (non-hydrogen) atoms. The molecule has 0 radical (unpaired) electrons. The van der Waals surface area contributed by atoms with Crippen molar-refractivity contribution in [1.82, 2.24) is 30.8 Å². The van der Waals surface area contributed by atoms with Crippen molar-refractivity contribution >= 4 is 22.5 Å². The van der Waals surface area contributed by atoms with E-state index in [-0.39, 0.29) is 17.6 Å². The second kappa shape index (κ2) is 8.33. The fraction of sp³-hybridized carbons (Fsp3) is 0.150. The van der Waals surface area contributed by atoms with Crippen LogP contribution in [0, 0.1) is 11.8 Å². The van der Waals surface area contributed by atoms with Crippen molar-refractivity contribution in [2.75, 3.05) is 11.9 Å². The van der Waals surface area contributed by atoms with Gasteiger partial charge in [-0.1, -0.05) is 35.4 Å². The smallest absolute Gasteiger partial charge is 0.247 e. The Labute approximate surface area is 166 Å². The van der Waals surface area contributed by atoms with Gasteiger partial charge in [0.05, 0.1) is 11.4 Å². The molecule has 5 N–H and O–H groups in total. The fourth-order valence-electron chi connectivity index (χ4n) is 3.05. The van der Waals surface area contributed by atoms with Gasteiger partial charge in [0.15, 0.2) is 0 Å². The zero-order valence-electron chi connectivity index (χ0n) is 15.4. The fourth-order valence-corrected chi connectivity index (χ4v) is 3.05. The van der Waals surface area contributed by atoms with E-state index in [1.54, 1.807) is 0 Å². The Kier molecular flexibility index (Phi) is 5.27. The summed E-state index contributed by atoms with van der Waals surface area (Å²) in [7, 11) is 0. The molecule has 0 spiro atoms. The molecule has 0 aliphatic heterocycles. The molecule has 0 fully saturated rings. The molecule has 0 saturated heterocycles. The van der Waals surface area contributed by atoms with Gasteiger partial charge in [-0.25, -0.2) is 0 Å². The van der Waals surface area contributed by atoms with Crippen molar-refractivity contribution in [2.45, 2.75) is 12.3 Å². The van der Waals surface area contributed by atoms with Gasteiger partial charge < -0.3 is 11.1 Å². The van der Waals surface area contributed by atoms with Crippen LogP contribution in [0.15, 0.2) is 48.5 Å². The first kappa shape index (κ1) is 18.3. The third-order valence-electron chi connectivity index (χ3n) is 4.44. The first-order valence-corrected chi connectivity index (χ1v) is 9.04. The van der Waals surface area contributed by atoms with Crippen LogP contribution < -0.4 is 11.1 Å². The number of carbonyl (C=O) groups is 1. The first-order chi connectivity index (χ1) is 14.2. The zero-order chi connectivity index (χ0) is 20.1. The van der Waals surface area contributed by atoms with Crippen molar-refractivity contribution in [3.8, 4) is 11.8 Å². The number of H-pyrrole nitrogens is 2. The van der Waals surface area contributed by atoms with Gasteiger partial charge in [0.25, 0.3) is 0 Å². The van der Waals surface area contributed by atoms with E-state index >= 15 is 0 Å². The predicted octanol–water partition coefficient (Wildman–Crippen LogP) is 1.55. The molecule has 9 heteroatoms. The molecule has 1 amide bonds. The Bertz CT molecular complexity index is 1170. The van der Waals surface area contributed by atoms with E-state index in [4.69, 9.17) is 5.73 Å². The van der Waals surface area contributed by atoms with E-state index in [9.17, 15) is 4.79 Å². The highest BCUT2D eigenvalue weighted by atomic mass is 16.1. The van der Waals surface area contributed by atoms with Gasteiger partial charge in [-0.2, -0.15) is 10.3 Å². The third-order valence-corrected chi connectivity index (χ3v) is 4.44. The summed E-state index contributed by atoms with van der Waals surface area (Å²) in [6, 6.07) is 15.1. The molecule has 1 atom stereocenters. The number of rotatable bonds is 5. The molecule has 2 aromatic carbocycles. The number of nitrogens with one attached hydrogen (secondary N) is 3. The highest BCUT2D eigenvalue weighted by Gasteiger charge is 2.20. The SMILES string of the molecule is NCCC(C(=O)Nc1ccc2n[nH]c(C#Cc3nn[nH]n3)c2c1)c1ccccc1. The van der Waals surface area contributed by atoms with Gasteiger partial charge in [0.2, 0.25) is 11.7 Å². The number of aromatic nitrogens is 6. The molecule has 0 aliphatic rings. The van der Waals surface area contributed by atoms with Crippen molar-refractivity contribution in [3.63, 3.8) is 0 Å². The van der Waals surface area contributed by atoms with Crippen LogP contribution in [0.3, 0.4) is 0 Å². The van der Waals surface area contributed by atoms with Gasteiger partial charge >= 0.3 is 0 Å². The molecule has 2 heterocycles. The number of tetrazole rings is 1. The van der Waals surface area contributed by atoms with Gasteiger partial charge in [-0.05, 0) is 53.8 Å². The lowest BCUT2D eigenvalue weighted by atomic mass is 9.94. The average Bonchev–Trinajstić information content (AvgIpc) is 3.40. The number of benzene rings is 2. The van der Waals surface area contributed by atoms with E-state index in [1.807, 2.05) is 48.5 Å².